The van der Waals surface area contributed by atoms with Gasteiger partial charge in [0.2, 0.25) is 0 Å². The Morgan fingerprint density at radius 1 is 1.11 bits per heavy atom. The number of carbonyl (C=O) groups excluding carboxylic acids is 1. The summed E-state index contributed by atoms with van der Waals surface area (Å²) in [7, 11) is 0. The number of hydrogen-bond acceptors (Lipinski definition) is 6. The number of anilines is 1. The maximum Gasteiger partial charge on any atom is 0.276 e. The van der Waals surface area contributed by atoms with E-state index in [1.165, 1.54) is 11.3 Å². The molecule has 0 aliphatic heterocycles. The Hall–Kier alpha value is -3.85. The number of thiazole rings is 1. The summed E-state index contributed by atoms with van der Waals surface area (Å²) in [5.74, 6) is 0.282. The summed E-state index contributed by atoms with van der Waals surface area (Å²) in [6.45, 7) is 0. The molecule has 5 aromatic rings. The number of amides is 1. The molecule has 0 aliphatic carbocycles. The minimum atomic E-state index is -0.303. The smallest absolute Gasteiger partial charge is 0.276 e. The molecule has 0 atom stereocenters. The Bertz CT molecular complexity index is 1260. The fourth-order valence-corrected chi connectivity index (χ4v) is 3.49. The number of carbonyl (C=O) groups is 1. The standard InChI is InChI=1S/C19H13N7OS/c27-18(23-13-4-3-6-20-10-13)16-15-5-1-2-8-26(15)17(24-16)14-11-25(12-22-14)19-21-7-9-28-19/h1-12H,(H,23,27). The van der Waals surface area contributed by atoms with Gasteiger partial charge in [-0.15, -0.1) is 11.3 Å². The highest BCUT2D eigenvalue weighted by Crippen LogP contribution is 2.23. The fourth-order valence-electron chi connectivity index (χ4n) is 2.90. The number of nitrogens with zero attached hydrogens (tertiary/aromatic N) is 6. The zero-order valence-electron chi connectivity index (χ0n) is 14.4. The second-order valence-electron chi connectivity index (χ2n) is 5.92. The maximum absolute atomic E-state index is 12.8. The van der Waals surface area contributed by atoms with Crippen LogP contribution in [-0.2, 0) is 0 Å². The second kappa shape index (κ2) is 6.71. The first-order chi connectivity index (χ1) is 13.8. The molecule has 9 heteroatoms. The van der Waals surface area contributed by atoms with Crippen molar-refractivity contribution in [2.75, 3.05) is 5.32 Å². The van der Waals surface area contributed by atoms with Crippen molar-refractivity contribution in [1.29, 1.82) is 0 Å². The van der Waals surface area contributed by atoms with Gasteiger partial charge >= 0.3 is 0 Å². The SMILES string of the molecule is O=C(Nc1cccnc1)c1nc(-c2cn(-c3nccs3)cn2)n2ccccc12. The maximum atomic E-state index is 12.8. The minimum Gasteiger partial charge on any atom is -0.319 e. The Morgan fingerprint density at radius 2 is 2.07 bits per heavy atom. The van der Waals surface area contributed by atoms with E-state index in [0.717, 1.165) is 5.13 Å². The molecule has 136 valence electrons. The third-order valence-corrected chi connectivity index (χ3v) is 4.92. The van der Waals surface area contributed by atoms with Crippen LogP contribution >= 0.6 is 11.3 Å². The molecule has 28 heavy (non-hydrogen) atoms. The van der Waals surface area contributed by atoms with Crippen LogP contribution in [0.15, 0.2) is 73.0 Å². The lowest BCUT2D eigenvalue weighted by Crippen LogP contribution is -2.12. The van der Waals surface area contributed by atoms with Crippen LogP contribution in [0.2, 0.25) is 0 Å². The molecule has 1 amide bonds. The fraction of sp³-hybridized carbons (Fsp3) is 0. The van der Waals surface area contributed by atoms with Gasteiger partial charge in [0.05, 0.1) is 17.4 Å². The number of hydrogen-bond donors (Lipinski definition) is 1. The van der Waals surface area contributed by atoms with Crippen LogP contribution in [0, 0.1) is 0 Å². The monoisotopic (exact) mass is 387 g/mol. The third-order valence-electron chi connectivity index (χ3n) is 4.13. The molecule has 0 spiro atoms. The quantitative estimate of drug-likeness (QED) is 0.511. The van der Waals surface area contributed by atoms with Gasteiger partial charge in [0.15, 0.2) is 16.6 Å². The van der Waals surface area contributed by atoms with Gasteiger partial charge in [0.1, 0.15) is 12.0 Å². The van der Waals surface area contributed by atoms with Crippen LogP contribution in [-0.4, -0.2) is 34.8 Å². The first-order valence-electron chi connectivity index (χ1n) is 8.42. The topological polar surface area (TPSA) is 90.0 Å². The highest BCUT2D eigenvalue weighted by atomic mass is 32.1. The summed E-state index contributed by atoms with van der Waals surface area (Å²) in [5, 5.41) is 5.55. The number of nitrogens with one attached hydrogen (secondary N) is 1. The van der Waals surface area contributed by atoms with Crippen LogP contribution in [0.1, 0.15) is 10.5 Å². The van der Waals surface area contributed by atoms with Crippen molar-refractivity contribution in [2.24, 2.45) is 0 Å². The molecule has 0 fully saturated rings. The van der Waals surface area contributed by atoms with E-state index in [2.05, 4.69) is 25.3 Å². The molecule has 8 nitrogen and oxygen atoms in total. The predicted octanol–water partition coefficient (Wildman–Crippen LogP) is 3.29. The van der Waals surface area contributed by atoms with Gasteiger partial charge in [-0.05, 0) is 24.3 Å². The molecular weight excluding hydrogens is 374 g/mol. The summed E-state index contributed by atoms with van der Waals surface area (Å²) in [4.78, 5) is 30.2. The van der Waals surface area contributed by atoms with E-state index in [0.29, 0.717) is 28.4 Å². The molecule has 5 rings (SSSR count). The summed E-state index contributed by atoms with van der Waals surface area (Å²) in [6.07, 6.45) is 10.4. The van der Waals surface area contributed by atoms with E-state index >= 15 is 0 Å². The molecule has 0 saturated carbocycles. The van der Waals surface area contributed by atoms with Gasteiger partial charge in [0.25, 0.3) is 5.91 Å². The van der Waals surface area contributed by atoms with Crippen molar-refractivity contribution in [1.82, 2.24) is 28.9 Å². The lowest BCUT2D eigenvalue weighted by Gasteiger charge is -2.02. The average molecular weight is 387 g/mol. The zero-order valence-corrected chi connectivity index (χ0v) is 15.2. The molecule has 0 saturated heterocycles. The van der Waals surface area contributed by atoms with E-state index in [-0.39, 0.29) is 5.91 Å². The van der Waals surface area contributed by atoms with Gasteiger partial charge in [-0.2, -0.15) is 0 Å². The Kier molecular flexibility index (Phi) is 3.91. The number of fused-ring (bicyclic) bond motifs is 1. The summed E-state index contributed by atoms with van der Waals surface area (Å²) in [6, 6.07) is 9.15. The lowest BCUT2D eigenvalue weighted by molar-refractivity contribution is 0.102. The molecule has 5 heterocycles. The number of rotatable bonds is 4. The number of pyridine rings is 2. The highest BCUT2D eigenvalue weighted by Gasteiger charge is 2.20. The van der Waals surface area contributed by atoms with Gasteiger partial charge < -0.3 is 5.32 Å². The van der Waals surface area contributed by atoms with Gasteiger partial charge in [0, 0.05) is 30.2 Å². The van der Waals surface area contributed by atoms with E-state index in [4.69, 9.17) is 0 Å². The van der Waals surface area contributed by atoms with Crippen molar-refractivity contribution < 1.29 is 4.79 Å². The van der Waals surface area contributed by atoms with E-state index in [1.54, 1.807) is 37.1 Å². The van der Waals surface area contributed by atoms with Crippen LogP contribution < -0.4 is 5.32 Å². The van der Waals surface area contributed by atoms with E-state index in [1.807, 2.05) is 44.9 Å². The largest absolute Gasteiger partial charge is 0.319 e. The Balaban J connectivity index is 1.57. The summed E-state index contributed by atoms with van der Waals surface area (Å²) >= 11 is 1.51. The first kappa shape index (κ1) is 16.3. The van der Waals surface area contributed by atoms with Crippen molar-refractivity contribution >= 4 is 28.4 Å². The number of aromatic nitrogens is 6. The van der Waals surface area contributed by atoms with Gasteiger partial charge in [-0.3, -0.25) is 18.7 Å². The van der Waals surface area contributed by atoms with Crippen molar-refractivity contribution in [3.8, 4) is 16.6 Å². The van der Waals surface area contributed by atoms with Crippen LogP contribution in [0.4, 0.5) is 5.69 Å². The highest BCUT2D eigenvalue weighted by molar-refractivity contribution is 7.12. The number of imidazole rings is 2. The Labute approximate surface area is 163 Å². The van der Waals surface area contributed by atoms with E-state index in [9.17, 15) is 4.79 Å². The summed E-state index contributed by atoms with van der Waals surface area (Å²) in [5.41, 5.74) is 2.28. The molecule has 5 aromatic heterocycles. The molecule has 0 aromatic carbocycles. The minimum absolute atomic E-state index is 0.303. The molecule has 0 radical (unpaired) electrons. The third kappa shape index (κ3) is 2.83. The van der Waals surface area contributed by atoms with Crippen molar-refractivity contribution in [2.45, 2.75) is 0 Å². The molecule has 1 N–H and O–H groups in total. The van der Waals surface area contributed by atoms with Gasteiger partial charge in [-0.25, -0.2) is 15.0 Å². The molecule has 0 unspecified atom stereocenters. The predicted molar refractivity (Wildman–Crippen MR) is 106 cm³/mol. The lowest BCUT2D eigenvalue weighted by atomic mass is 10.3. The van der Waals surface area contributed by atoms with Crippen LogP contribution in [0.3, 0.4) is 0 Å². The molecule has 0 bridgehead atoms. The zero-order chi connectivity index (χ0) is 18.9. The Morgan fingerprint density at radius 3 is 2.89 bits per heavy atom. The molecular formula is C19H13N7OS. The van der Waals surface area contributed by atoms with Crippen molar-refractivity contribution in [3.63, 3.8) is 0 Å². The van der Waals surface area contributed by atoms with Crippen LogP contribution in [0.25, 0.3) is 22.2 Å². The first-order valence-corrected chi connectivity index (χ1v) is 9.30. The average Bonchev–Trinajstić information content (AvgIpc) is 3.47. The summed E-state index contributed by atoms with van der Waals surface area (Å²) < 4.78 is 3.69. The normalized spacial score (nSPS) is 11.0. The molecule has 0 aliphatic rings. The van der Waals surface area contributed by atoms with E-state index < -0.39 is 0 Å². The van der Waals surface area contributed by atoms with Crippen LogP contribution in [0.5, 0.6) is 0 Å². The second-order valence-corrected chi connectivity index (χ2v) is 6.79. The van der Waals surface area contributed by atoms with Crippen molar-refractivity contribution in [3.05, 3.63) is 78.7 Å². The van der Waals surface area contributed by atoms with Gasteiger partial charge in [-0.1, -0.05) is 6.07 Å².